The highest BCUT2D eigenvalue weighted by molar-refractivity contribution is 5.90. The molecule has 2 amide bonds. The van der Waals surface area contributed by atoms with Crippen LogP contribution in [-0.4, -0.2) is 15.5 Å². The van der Waals surface area contributed by atoms with E-state index in [1.165, 1.54) is 6.07 Å². The second-order valence-corrected chi connectivity index (χ2v) is 6.54. The molecule has 1 atom stereocenters. The van der Waals surface area contributed by atoms with Gasteiger partial charge < -0.3 is 14.8 Å². The molecular weight excluding hydrogens is 348 g/mol. The summed E-state index contributed by atoms with van der Waals surface area (Å²) in [6.07, 6.45) is 2.69. The highest BCUT2D eigenvalue weighted by atomic mass is 19.1. The second-order valence-electron chi connectivity index (χ2n) is 6.54. The Morgan fingerprint density at radius 1 is 1.15 bits per heavy atom. The molecule has 4 nitrogen and oxygen atoms in total. The van der Waals surface area contributed by atoms with Gasteiger partial charge in [0, 0.05) is 18.0 Å². The first-order valence-corrected chi connectivity index (χ1v) is 8.86. The lowest BCUT2D eigenvalue weighted by atomic mass is 10.1. The summed E-state index contributed by atoms with van der Waals surface area (Å²) >= 11 is 0. The van der Waals surface area contributed by atoms with Crippen molar-refractivity contribution in [3.8, 4) is 5.69 Å². The number of para-hydroxylation sites is 1. The predicted molar refractivity (Wildman–Crippen MR) is 99.7 cm³/mol. The second kappa shape index (κ2) is 6.87. The van der Waals surface area contributed by atoms with Gasteiger partial charge in [-0.1, -0.05) is 25.1 Å². The van der Waals surface area contributed by atoms with Crippen LogP contribution in [0, 0.1) is 11.6 Å². The van der Waals surface area contributed by atoms with Gasteiger partial charge >= 0.3 is 6.03 Å². The lowest BCUT2D eigenvalue weighted by molar-refractivity contribution is 0.181. The third-order valence-corrected chi connectivity index (χ3v) is 4.91. The Morgan fingerprint density at radius 3 is 2.74 bits per heavy atom. The van der Waals surface area contributed by atoms with E-state index in [-0.39, 0.29) is 11.7 Å². The summed E-state index contributed by atoms with van der Waals surface area (Å²) in [7, 11) is 0. The molecule has 2 heterocycles. The lowest BCUT2D eigenvalue weighted by Gasteiger charge is -2.29. The summed E-state index contributed by atoms with van der Waals surface area (Å²) in [4.78, 5) is 14.7. The summed E-state index contributed by atoms with van der Waals surface area (Å²) in [6, 6.07) is 14.4. The van der Waals surface area contributed by atoms with Crippen LogP contribution in [-0.2, 0) is 6.54 Å². The summed E-state index contributed by atoms with van der Waals surface area (Å²) in [6.45, 7) is 2.40. The van der Waals surface area contributed by atoms with Gasteiger partial charge in [0.05, 0.1) is 24.0 Å². The van der Waals surface area contributed by atoms with Crippen LogP contribution >= 0.6 is 0 Å². The first-order chi connectivity index (χ1) is 13.1. The van der Waals surface area contributed by atoms with Crippen molar-refractivity contribution in [2.45, 2.75) is 25.9 Å². The number of carbonyl (C=O) groups is 1. The van der Waals surface area contributed by atoms with E-state index in [0.717, 1.165) is 29.1 Å². The number of urea groups is 1. The van der Waals surface area contributed by atoms with Crippen molar-refractivity contribution in [1.82, 2.24) is 9.47 Å². The zero-order chi connectivity index (χ0) is 19.0. The largest absolute Gasteiger partial charge is 0.322 e. The van der Waals surface area contributed by atoms with E-state index < -0.39 is 17.7 Å². The average Bonchev–Trinajstić information content (AvgIpc) is 3.08. The van der Waals surface area contributed by atoms with Crippen LogP contribution in [0.4, 0.5) is 19.3 Å². The molecule has 4 rings (SSSR count). The quantitative estimate of drug-likeness (QED) is 0.660. The minimum absolute atomic E-state index is 0.0378. The van der Waals surface area contributed by atoms with E-state index in [9.17, 15) is 13.6 Å². The number of aromatic nitrogens is 1. The summed E-state index contributed by atoms with van der Waals surface area (Å²) in [5.41, 5.74) is 2.99. The molecule has 1 aromatic heterocycles. The van der Waals surface area contributed by atoms with Crippen LogP contribution in [0.15, 0.2) is 60.8 Å². The highest BCUT2D eigenvalue weighted by Gasteiger charge is 2.30. The number of carbonyl (C=O) groups excluding carboxylic acids is 1. The lowest BCUT2D eigenvalue weighted by Crippen LogP contribution is -2.37. The molecule has 0 bridgehead atoms. The number of rotatable bonds is 2. The molecular formula is C21H19F2N3O. The fourth-order valence-electron chi connectivity index (χ4n) is 3.64. The van der Waals surface area contributed by atoms with E-state index in [2.05, 4.69) is 9.88 Å². The monoisotopic (exact) mass is 367 g/mol. The molecule has 1 aliphatic heterocycles. The summed E-state index contributed by atoms with van der Waals surface area (Å²) in [5, 5.41) is 2.59. The van der Waals surface area contributed by atoms with Crippen molar-refractivity contribution >= 4 is 11.7 Å². The van der Waals surface area contributed by atoms with E-state index in [1.807, 2.05) is 49.5 Å². The number of halogens is 2. The highest BCUT2D eigenvalue weighted by Crippen LogP contribution is 2.34. The molecule has 0 aliphatic carbocycles. The number of nitrogens with zero attached hydrogens (tertiary/aromatic N) is 2. The van der Waals surface area contributed by atoms with Crippen LogP contribution in [0.2, 0.25) is 0 Å². The van der Waals surface area contributed by atoms with Crippen molar-refractivity contribution in [2.24, 2.45) is 0 Å². The Morgan fingerprint density at radius 2 is 1.96 bits per heavy atom. The Kier molecular flexibility index (Phi) is 4.39. The molecule has 0 radical (unpaired) electrons. The van der Waals surface area contributed by atoms with Gasteiger partial charge in [0.25, 0.3) is 0 Å². The molecule has 0 saturated heterocycles. The van der Waals surface area contributed by atoms with Gasteiger partial charge in [-0.15, -0.1) is 0 Å². The Balaban J connectivity index is 1.72. The minimum atomic E-state index is -0.796. The van der Waals surface area contributed by atoms with Crippen LogP contribution in [0.3, 0.4) is 0 Å². The number of benzene rings is 2. The van der Waals surface area contributed by atoms with Crippen molar-refractivity contribution in [3.05, 3.63) is 83.7 Å². The molecule has 1 aliphatic rings. The van der Waals surface area contributed by atoms with Gasteiger partial charge in [-0.25, -0.2) is 13.6 Å². The Labute approximate surface area is 156 Å². The van der Waals surface area contributed by atoms with Gasteiger partial charge in [-0.3, -0.25) is 0 Å². The zero-order valence-electron chi connectivity index (χ0n) is 14.8. The normalized spacial score (nSPS) is 15.7. The standard InChI is InChI=1S/C21H19F2N3O/c1-2-18-20-8-5-11-25(20)19-7-4-3-6-14(19)13-26(18)21(27)24-17-10-9-15(22)12-16(17)23/h3-12,18H,2,13H2,1H3,(H,24,27). The summed E-state index contributed by atoms with van der Waals surface area (Å²) in [5.74, 6) is -1.48. The summed E-state index contributed by atoms with van der Waals surface area (Å²) < 4.78 is 29.2. The van der Waals surface area contributed by atoms with Crippen LogP contribution < -0.4 is 5.32 Å². The zero-order valence-corrected chi connectivity index (χ0v) is 14.8. The fraction of sp³-hybridized carbons (Fsp3) is 0.190. The SMILES string of the molecule is CCC1c2cccn2-c2ccccc2CN1C(=O)Nc1ccc(F)cc1F. The molecule has 0 spiro atoms. The molecule has 138 valence electrons. The predicted octanol–water partition coefficient (Wildman–Crippen LogP) is 5.25. The molecule has 0 fully saturated rings. The van der Waals surface area contributed by atoms with Crippen LogP contribution in [0.1, 0.15) is 30.6 Å². The minimum Gasteiger partial charge on any atom is -0.318 e. The van der Waals surface area contributed by atoms with Gasteiger partial charge in [-0.2, -0.15) is 0 Å². The van der Waals surface area contributed by atoms with Crippen molar-refractivity contribution in [1.29, 1.82) is 0 Å². The van der Waals surface area contributed by atoms with E-state index in [4.69, 9.17) is 0 Å². The number of amides is 2. The fourth-order valence-corrected chi connectivity index (χ4v) is 3.64. The maximum Gasteiger partial charge on any atom is 0.322 e. The topological polar surface area (TPSA) is 37.3 Å². The third kappa shape index (κ3) is 3.07. The Hall–Kier alpha value is -3.15. The first-order valence-electron chi connectivity index (χ1n) is 8.86. The van der Waals surface area contributed by atoms with E-state index in [1.54, 1.807) is 4.90 Å². The number of fused-ring (bicyclic) bond motifs is 3. The van der Waals surface area contributed by atoms with Gasteiger partial charge in [0.2, 0.25) is 0 Å². The van der Waals surface area contributed by atoms with Crippen LogP contribution in [0.5, 0.6) is 0 Å². The smallest absolute Gasteiger partial charge is 0.318 e. The number of hydrogen-bond donors (Lipinski definition) is 1. The van der Waals surface area contributed by atoms with Gasteiger partial charge in [0.15, 0.2) is 0 Å². The molecule has 2 aromatic carbocycles. The third-order valence-electron chi connectivity index (χ3n) is 4.91. The Bertz CT molecular complexity index is 999. The molecule has 3 aromatic rings. The number of hydrogen-bond acceptors (Lipinski definition) is 1. The van der Waals surface area contributed by atoms with E-state index >= 15 is 0 Å². The molecule has 1 N–H and O–H groups in total. The molecule has 6 heteroatoms. The maximum absolute atomic E-state index is 14.0. The number of anilines is 1. The molecule has 27 heavy (non-hydrogen) atoms. The van der Waals surface area contributed by atoms with Crippen molar-refractivity contribution < 1.29 is 13.6 Å². The molecule has 0 saturated carbocycles. The first kappa shape index (κ1) is 17.3. The van der Waals surface area contributed by atoms with E-state index in [0.29, 0.717) is 13.0 Å². The van der Waals surface area contributed by atoms with Gasteiger partial charge in [-0.05, 0) is 42.3 Å². The van der Waals surface area contributed by atoms with Crippen molar-refractivity contribution in [2.75, 3.05) is 5.32 Å². The number of nitrogens with one attached hydrogen (secondary N) is 1. The average molecular weight is 367 g/mol. The van der Waals surface area contributed by atoms with Crippen LogP contribution in [0.25, 0.3) is 5.69 Å². The van der Waals surface area contributed by atoms with Crippen molar-refractivity contribution in [3.63, 3.8) is 0 Å². The maximum atomic E-state index is 14.0. The van der Waals surface area contributed by atoms with Gasteiger partial charge in [0.1, 0.15) is 11.6 Å². The molecule has 1 unspecified atom stereocenters.